The summed E-state index contributed by atoms with van der Waals surface area (Å²) in [5, 5.41) is 25.5. The summed E-state index contributed by atoms with van der Waals surface area (Å²) in [4.78, 5) is 1.79. The molecule has 0 aromatic rings. The summed E-state index contributed by atoms with van der Waals surface area (Å²) in [5.74, 6) is 0. The molecule has 0 radical (unpaired) electrons. The molecule has 0 aliphatic heterocycles. The van der Waals surface area contributed by atoms with Crippen molar-refractivity contribution >= 4 is 23.1 Å². The van der Waals surface area contributed by atoms with E-state index in [0.717, 1.165) is 0 Å². The van der Waals surface area contributed by atoms with E-state index in [4.69, 9.17) is 15.3 Å². The molecule has 0 aromatic carbocycles. The summed E-state index contributed by atoms with van der Waals surface area (Å²) in [6.45, 7) is 1.75. The molecule has 5 nitrogen and oxygen atoms in total. The molecule has 0 rings (SSSR count). The van der Waals surface area contributed by atoms with Crippen molar-refractivity contribution in [3.05, 3.63) is 0 Å². The molecule has 0 heterocycles. The first-order valence-electron chi connectivity index (χ1n) is 3.40. The fourth-order valence-corrected chi connectivity index (χ4v) is 0.760. The van der Waals surface area contributed by atoms with Crippen LogP contribution in [-0.2, 0) is 0 Å². The molecule has 0 saturated carbocycles. The van der Waals surface area contributed by atoms with Gasteiger partial charge >= 0.3 is 23.1 Å². The Hall–Kier alpha value is 1.15. The van der Waals surface area contributed by atoms with Gasteiger partial charge < -0.3 is 45.6 Å². The second-order valence-corrected chi connectivity index (χ2v) is 2.01. The van der Waals surface area contributed by atoms with Crippen LogP contribution in [0.4, 0.5) is 0 Å². The minimum atomic E-state index is 0. The van der Waals surface area contributed by atoms with Crippen LogP contribution in [0.3, 0.4) is 0 Å². The maximum atomic E-state index is 8.48. The number of hydrogen-bond acceptors (Lipinski definition) is 4. The normalized spacial score (nSPS) is 7.71. The van der Waals surface area contributed by atoms with Crippen LogP contribution in [0.15, 0.2) is 0 Å². The average molecular weight is 262 g/mol. The first-order valence-corrected chi connectivity index (χ1v) is 3.40. The standard InChI is InChI=1S/C6H15NO3.2ClH.Mg.H2O/c8-4-1-7(2-5-9)3-6-10;;;;/h8-10H,1-6H2;2*1H;;1H2/q;;;+2;/p-2. The third kappa shape index (κ3) is 18.8. The van der Waals surface area contributed by atoms with E-state index in [1.165, 1.54) is 0 Å². The van der Waals surface area contributed by atoms with Crippen LogP contribution in [0.2, 0.25) is 0 Å². The predicted octanol–water partition coefficient (Wildman–Crippen LogP) is -8.93. The Morgan fingerprint density at radius 2 is 0.929 bits per heavy atom. The first kappa shape index (κ1) is 29.4. The van der Waals surface area contributed by atoms with Crippen molar-refractivity contribution in [1.29, 1.82) is 0 Å². The molecular formula is C6H17Cl2MgNO4. The van der Waals surface area contributed by atoms with Gasteiger partial charge in [-0.2, -0.15) is 0 Å². The topological polar surface area (TPSA) is 95.4 Å². The van der Waals surface area contributed by atoms with Crippen molar-refractivity contribution in [1.82, 2.24) is 4.90 Å². The number of nitrogens with zero attached hydrogens (tertiary/aromatic N) is 1. The summed E-state index contributed by atoms with van der Waals surface area (Å²) in [5.41, 5.74) is 0. The molecule has 8 heteroatoms. The maximum Gasteiger partial charge on any atom is 2.00 e. The van der Waals surface area contributed by atoms with Crippen molar-refractivity contribution in [2.45, 2.75) is 0 Å². The van der Waals surface area contributed by atoms with Crippen molar-refractivity contribution in [2.75, 3.05) is 39.5 Å². The Morgan fingerprint density at radius 1 is 0.714 bits per heavy atom. The summed E-state index contributed by atoms with van der Waals surface area (Å²) in [6.07, 6.45) is 0. The Bertz CT molecular complexity index is 70.6. The molecule has 0 spiro atoms. The molecular weight excluding hydrogens is 245 g/mol. The molecule has 0 aliphatic rings. The molecule has 5 N–H and O–H groups in total. The van der Waals surface area contributed by atoms with Crippen LogP contribution < -0.4 is 24.8 Å². The Morgan fingerprint density at radius 3 is 1.07 bits per heavy atom. The smallest absolute Gasteiger partial charge is 1.00 e. The number of rotatable bonds is 6. The third-order valence-electron chi connectivity index (χ3n) is 1.25. The largest absolute Gasteiger partial charge is 2.00 e. The minimum Gasteiger partial charge on any atom is -1.00 e. The van der Waals surface area contributed by atoms with E-state index in [1.807, 2.05) is 0 Å². The van der Waals surface area contributed by atoms with Gasteiger partial charge in [-0.15, -0.1) is 0 Å². The minimum absolute atomic E-state index is 0. The van der Waals surface area contributed by atoms with Crippen molar-refractivity contribution in [3.8, 4) is 0 Å². The Balaban J connectivity index is -0.0000000675. The SMILES string of the molecule is O.OCCN(CCO)CCO.[Cl-].[Cl-].[Mg+2]. The quantitative estimate of drug-likeness (QED) is 0.414. The van der Waals surface area contributed by atoms with Crippen molar-refractivity contribution in [2.24, 2.45) is 0 Å². The fourth-order valence-electron chi connectivity index (χ4n) is 0.760. The molecule has 0 fully saturated rings. The summed E-state index contributed by atoms with van der Waals surface area (Å²) in [6, 6.07) is 0. The predicted molar refractivity (Wildman–Crippen MR) is 47.1 cm³/mol. The molecule has 0 amide bonds. The zero-order chi connectivity index (χ0) is 7.82. The van der Waals surface area contributed by atoms with Crippen molar-refractivity contribution in [3.63, 3.8) is 0 Å². The number of aliphatic hydroxyl groups is 3. The van der Waals surface area contributed by atoms with E-state index in [0.29, 0.717) is 19.6 Å². The van der Waals surface area contributed by atoms with Crippen molar-refractivity contribution < 1.29 is 45.6 Å². The van der Waals surface area contributed by atoms with Crippen LogP contribution >= 0.6 is 0 Å². The third-order valence-corrected chi connectivity index (χ3v) is 1.25. The van der Waals surface area contributed by atoms with E-state index in [1.54, 1.807) is 4.90 Å². The molecule has 0 atom stereocenters. The van der Waals surface area contributed by atoms with E-state index < -0.39 is 0 Å². The van der Waals surface area contributed by atoms with Gasteiger partial charge in [0.05, 0.1) is 19.8 Å². The van der Waals surface area contributed by atoms with Gasteiger partial charge in [0.2, 0.25) is 0 Å². The Kier molecular flexibility index (Phi) is 49.9. The maximum absolute atomic E-state index is 8.48. The number of aliphatic hydroxyl groups excluding tert-OH is 3. The monoisotopic (exact) mass is 261 g/mol. The second-order valence-electron chi connectivity index (χ2n) is 2.01. The van der Waals surface area contributed by atoms with Crippen LogP contribution in [-0.4, -0.2) is 88.2 Å². The van der Waals surface area contributed by atoms with Gasteiger partial charge in [0, 0.05) is 19.6 Å². The molecule has 0 aliphatic carbocycles. The van der Waals surface area contributed by atoms with Crippen LogP contribution in [0.5, 0.6) is 0 Å². The van der Waals surface area contributed by atoms with E-state index >= 15 is 0 Å². The average Bonchev–Trinajstić information content (AvgIpc) is 1.90. The Labute approximate surface area is 113 Å². The van der Waals surface area contributed by atoms with Crippen LogP contribution in [0.25, 0.3) is 0 Å². The van der Waals surface area contributed by atoms with Gasteiger partial charge in [0.15, 0.2) is 0 Å². The molecule has 86 valence electrons. The van der Waals surface area contributed by atoms with E-state index in [-0.39, 0.29) is 73.2 Å². The van der Waals surface area contributed by atoms with Gasteiger partial charge in [0.25, 0.3) is 0 Å². The molecule has 0 bridgehead atoms. The summed E-state index contributed by atoms with van der Waals surface area (Å²) in [7, 11) is 0. The molecule has 0 unspecified atom stereocenters. The number of halogens is 2. The van der Waals surface area contributed by atoms with Crippen LogP contribution in [0.1, 0.15) is 0 Å². The summed E-state index contributed by atoms with van der Waals surface area (Å²) < 4.78 is 0. The molecule has 14 heavy (non-hydrogen) atoms. The summed E-state index contributed by atoms with van der Waals surface area (Å²) >= 11 is 0. The van der Waals surface area contributed by atoms with Gasteiger partial charge in [0.1, 0.15) is 0 Å². The van der Waals surface area contributed by atoms with Gasteiger partial charge in [-0.3, -0.25) is 4.90 Å². The van der Waals surface area contributed by atoms with Gasteiger partial charge in [-0.05, 0) is 0 Å². The van der Waals surface area contributed by atoms with Gasteiger partial charge in [-0.1, -0.05) is 0 Å². The first-order chi connectivity index (χ1) is 4.85. The fraction of sp³-hybridized carbons (Fsp3) is 1.00. The second kappa shape index (κ2) is 23.7. The molecule has 0 aromatic heterocycles. The van der Waals surface area contributed by atoms with E-state index in [9.17, 15) is 0 Å². The zero-order valence-electron chi connectivity index (χ0n) is 7.99. The van der Waals surface area contributed by atoms with Crippen LogP contribution in [0, 0.1) is 0 Å². The van der Waals surface area contributed by atoms with E-state index in [2.05, 4.69) is 0 Å². The zero-order valence-corrected chi connectivity index (χ0v) is 10.9. The molecule has 0 saturated heterocycles. The number of hydrogen-bond donors (Lipinski definition) is 3. The van der Waals surface area contributed by atoms with Gasteiger partial charge in [-0.25, -0.2) is 0 Å².